The van der Waals surface area contributed by atoms with Crippen LogP contribution in [0.1, 0.15) is 81.5 Å². The summed E-state index contributed by atoms with van der Waals surface area (Å²) in [6.07, 6.45) is 11.7. The van der Waals surface area contributed by atoms with E-state index in [0.29, 0.717) is 24.3 Å². The van der Waals surface area contributed by atoms with Crippen molar-refractivity contribution in [3.8, 4) is 0 Å². The summed E-state index contributed by atoms with van der Waals surface area (Å²) in [5, 5.41) is 4.39. The van der Waals surface area contributed by atoms with E-state index in [1.807, 2.05) is 36.4 Å². The van der Waals surface area contributed by atoms with E-state index < -0.39 is 0 Å². The smallest absolute Gasteiger partial charge is 0.338 e. The molecule has 0 radical (unpaired) electrons. The number of esters is 2. The van der Waals surface area contributed by atoms with E-state index in [1.54, 1.807) is 0 Å². The summed E-state index contributed by atoms with van der Waals surface area (Å²) in [4.78, 5) is 25.4. The van der Waals surface area contributed by atoms with Gasteiger partial charge in [0, 0.05) is 0 Å². The molecule has 3 aliphatic heterocycles. The zero-order valence-corrected chi connectivity index (χ0v) is 21.6. The summed E-state index contributed by atoms with van der Waals surface area (Å²) in [6, 6.07) is 20.7. The van der Waals surface area contributed by atoms with Gasteiger partial charge in [-0.1, -0.05) is 48.6 Å². The maximum absolute atomic E-state index is 12.7. The molecule has 4 aliphatic rings. The molecule has 0 spiro atoms. The van der Waals surface area contributed by atoms with Crippen molar-refractivity contribution in [3.63, 3.8) is 0 Å². The number of fused-ring (bicyclic) bond motifs is 2. The molecule has 192 valence electrons. The van der Waals surface area contributed by atoms with Gasteiger partial charge in [0.1, 0.15) is 0 Å². The molecule has 1 aliphatic carbocycles. The second-order valence-corrected chi connectivity index (χ2v) is 10.5. The fourth-order valence-electron chi connectivity index (χ4n) is 5.57. The van der Waals surface area contributed by atoms with E-state index in [4.69, 9.17) is 9.47 Å². The lowest BCUT2D eigenvalue weighted by Crippen LogP contribution is -2.09. The topological polar surface area (TPSA) is 52.6 Å². The van der Waals surface area contributed by atoms with Crippen molar-refractivity contribution in [2.45, 2.75) is 51.4 Å². The number of hydrogen-bond acceptors (Lipinski definition) is 4. The first-order valence-electron chi connectivity index (χ1n) is 13.7. The van der Waals surface area contributed by atoms with Crippen LogP contribution in [0, 0.1) is 0 Å². The van der Waals surface area contributed by atoms with Crippen LogP contribution in [0.4, 0.5) is 0 Å². The first-order chi connectivity index (χ1) is 18.6. The third-order valence-corrected chi connectivity index (χ3v) is 7.71. The zero-order valence-electron chi connectivity index (χ0n) is 21.6. The first-order valence-corrected chi connectivity index (χ1v) is 13.7. The molecule has 0 aromatic heterocycles. The van der Waals surface area contributed by atoms with Gasteiger partial charge >= 0.3 is 11.9 Å². The number of allylic oxidation sites excluding steroid dienone is 2. The van der Waals surface area contributed by atoms with E-state index >= 15 is 0 Å². The molecule has 3 heterocycles. The molecular formula is C34H32O4. The van der Waals surface area contributed by atoms with Gasteiger partial charge in [0.05, 0.1) is 24.3 Å². The summed E-state index contributed by atoms with van der Waals surface area (Å²) in [7, 11) is 0. The van der Waals surface area contributed by atoms with Gasteiger partial charge in [0.25, 0.3) is 0 Å². The largest absolute Gasteiger partial charge is 0.462 e. The summed E-state index contributed by atoms with van der Waals surface area (Å²) >= 11 is 0. The zero-order chi connectivity index (χ0) is 25.9. The molecule has 0 unspecified atom stereocenters. The Morgan fingerprint density at radius 2 is 0.895 bits per heavy atom. The van der Waals surface area contributed by atoms with Gasteiger partial charge in [-0.25, -0.2) is 9.59 Å². The molecule has 0 amide bonds. The third-order valence-electron chi connectivity index (χ3n) is 7.71. The number of ether oxygens (including phenoxy) is 2. The number of benzene rings is 4. The normalized spacial score (nSPS) is 17.7. The van der Waals surface area contributed by atoms with Gasteiger partial charge in [0.15, 0.2) is 0 Å². The van der Waals surface area contributed by atoms with Crippen LogP contribution in [0.5, 0.6) is 0 Å². The van der Waals surface area contributed by atoms with Gasteiger partial charge in [-0.3, -0.25) is 0 Å². The van der Waals surface area contributed by atoms with E-state index in [2.05, 4.69) is 36.4 Å². The van der Waals surface area contributed by atoms with Gasteiger partial charge in [-0.05, 0) is 119 Å². The maximum Gasteiger partial charge on any atom is 0.338 e. The van der Waals surface area contributed by atoms with Crippen molar-refractivity contribution in [2.75, 3.05) is 13.2 Å². The molecular weight excluding hydrogens is 472 g/mol. The summed E-state index contributed by atoms with van der Waals surface area (Å²) in [5.74, 6) is -0.503. The Morgan fingerprint density at radius 1 is 0.474 bits per heavy atom. The highest BCUT2D eigenvalue weighted by Crippen LogP contribution is 2.33. The van der Waals surface area contributed by atoms with Gasteiger partial charge < -0.3 is 9.47 Å². The molecule has 8 rings (SSSR count). The van der Waals surface area contributed by atoms with Crippen molar-refractivity contribution in [1.29, 1.82) is 0 Å². The lowest BCUT2D eigenvalue weighted by Gasteiger charge is -2.21. The Labute approximate surface area is 223 Å². The molecule has 10 bridgehead atoms. The minimum Gasteiger partial charge on any atom is -0.462 e. The molecule has 4 heteroatoms. The first kappa shape index (κ1) is 24.4. The standard InChI is InChI=1S/C34H32O4/c35-33-25-11-9-23-15-29-22-32-20-28-18-26(12-10-24(28)16-30(32)21-31(29)19-27(23)17-25)34(36)38-14-8-6-4-2-1-3-5-7-13-37-33/h1-2,9-12,15-20H,3-8,13-14,21-22H2/b2-1-. The lowest BCUT2D eigenvalue weighted by molar-refractivity contribution is 0.0489. The monoisotopic (exact) mass is 504 g/mol. The Balaban J connectivity index is 1.32. The van der Waals surface area contributed by atoms with Crippen LogP contribution in [-0.2, 0) is 22.3 Å². The number of carbonyl (C=O) groups is 2. The van der Waals surface area contributed by atoms with E-state index in [-0.39, 0.29) is 11.9 Å². The molecule has 38 heavy (non-hydrogen) atoms. The van der Waals surface area contributed by atoms with E-state index in [1.165, 1.54) is 22.3 Å². The van der Waals surface area contributed by atoms with Crippen LogP contribution in [0.3, 0.4) is 0 Å². The second kappa shape index (κ2) is 10.8. The number of rotatable bonds is 0. The van der Waals surface area contributed by atoms with Crippen molar-refractivity contribution in [1.82, 2.24) is 0 Å². The summed E-state index contributed by atoms with van der Waals surface area (Å²) in [6.45, 7) is 0.874. The third kappa shape index (κ3) is 5.22. The number of carbonyl (C=O) groups excluding carboxylic acids is 2. The van der Waals surface area contributed by atoms with Gasteiger partial charge in [-0.15, -0.1) is 0 Å². The predicted molar refractivity (Wildman–Crippen MR) is 151 cm³/mol. The highest BCUT2D eigenvalue weighted by Gasteiger charge is 2.18. The van der Waals surface area contributed by atoms with Gasteiger partial charge in [0.2, 0.25) is 0 Å². The molecule has 0 N–H and O–H groups in total. The highest BCUT2D eigenvalue weighted by molar-refractivity contribution is 5.97. The molecule has 4 aromatic carbocycles. The molecule has 4 aromatic rings. The van der Waals surface area contributed by atoms with Gasteiger partial charge in [-0.2, -0.15) is 0 Å². The second-order valence-electron chi connectivity index (χ2n) is 10.5. The van der Waals surface area contributed by atoms with Crippen LogP contribution in [0.2, 0.25) is 0 Å². The van der Waals surface area contributed by atoms with Crippen molar-refractivity contribution in [2.24, 2.45) is 0 Å². The number of hydrogen-bond donors (Lipinski definition) is 0. The lowest BCUT2D eigenvalue weighted by atomic mass is 9.83. The maximum atomic E-state index is 12.7. The minimum atomic E-state index is -0.251. The van der Waals surface area contributed by atoms with Crippen LogP contribution in [0.25, 0.3) is 21.5 Å². The highest BCUT2D eigenvalue weighted by atomic mass is 16.5. The quantitative estimate of drug-likeness (QED) is 0.160. The SMILES string of the molecule is O=C1OCCCC/C=C\CCCCOC(=O)c2ccc3cc4c(cc3c2)Cc2cc3ccc1cc3cc2C4. The van der Waals surface area contributed by atoms with Crippen LogP contribution < -0.4 is 0 Å². The van der Waals surface area contributed by atoms with E-state index in [0.717, 1.165) is 72.9 Å². The molecule has 4 nitrogen and oxygen atoms in total. The molecule has 0 atom stereocenters. The fourth-order valence-corrected chi connectivity index (χ4v) is 5.57. The Bertz CT molecular complexity index is 1450. The molecule has 0 fully saturated rings. The molecule has 0 saturated carbocycles. The average Bonchev–Trinajstić information content (AvgIpc) is 2.93. The Morgan fingerprint density at radius 3 is 1.34 bits per heavy atom. The van der Waals surface area contributed by atoms with Crippen LogP contribution in [-0.4, -0.2) is 25.2 Å². The predicted octanol–water partition coefficient (Wildman–Crippen LogP) is 7.71. The van der Waals surface area contributed by atoms with Crippen LogP contribution >= 0.6 is 0 Å². The van der Waals surface area contributed by atoms with E-state index in [9.17, 15) is 9.59 Å². The Hall–Kier alpha value is -3.92. The summed E-state index contributed by atoms with van der Waals surface area (Å²) in [5.41, 5.74) is 6.43. The van der Waals surface area contributed by atoms with Crippen LogP contribution in [0.15, 0.2) is 72.8 Å². The van der Waals surface area contributed by atoms with Crippen molar-refractivity contribution >= 4 is 33.5 Å². The van der Waals surface area contributed by atoms with Crippen molar-refractivity contribution < 1.29 is 19.1 Å². The Kier molecular flexibility index (Phi) is 6.96. The summed E-state index contributed by atoms with van der Waals surface area (Å²) < 4.78 is 11.1. The van der Waals surface area contributed by atoms with Crippen molar-refractivity contribution in [3.05, 3.63) is 106 Å². The fraction of sp³-hybridized carbons (Fsp3) is 0.294. The minimum absolute atomic E-state index is 0.251. The average molecular weight is 505 g/mol. The molecule has 0 saturated heterocycles.